The molecule has 0 bridgehead atoms. The molecule has 0 radical (unpaired) electrons. The van der Waals surface area contributed by atoms with Gasteiger partial charge in [0.1, 0.15) is 17.5 Å². The van der Waals surface area contributed by atoms with Crippen molar-refractivity contribution in [1.29, 1.82) is 0 Å². The Morgan fingerprint density at radius 1 is 1.38 bits per heavy atom. The van der Waals surface area contributed by atoms with Crippen molar-refractivity contribution >= 4 is 11.6 Å². The molecule has 0 aromatic carbocycles. The summed E-state index contributed by atoms with van der Waals surface area (Å²) in [6.45, 7) is 8.59. The molecule has 1 saturated carbocycles. The van der Waals surface area contributed by atoms with Crippen molar-refractivity contribution < 1.29 is 5.11 Å². The van der Waals surface area contributed by atoms with Gasteiger partial charge in [-0.05, 0) is 39.5 Å². The van der Waals surface area contributed by atoms with Crippen LogP contribution in [-0.4, -0.2) is 40.3 Å². The van der Waals surface area contributed by atoms with Crippen LogP contribution in [0, 0.1) is 6.92 Å². The Labute approximate surface area is 126 Å². The first-order valence-corrected chi connectivity index (χ1v) is 8.10. The van der Waals surface area contributed by atoms with Gasteiger partial charge in [0.05, 0.1) is 5.60 Å². The molecule has 1 atom stereocenters. The van der Waals surface area contributed by atoms with Crippen molar-refractivity contribution in [2.75, 3.05) is 29.9 Å². The van der Waals surface area contributed by atoms with Gasteiger partial charge in [0.2, 0.25) is 0 Å². The molecule has 2 fully saturated rings. The molecule has 2 N–H and O–H groups in total. The SMILES string of the molecule is CCCNc1nc(C2CC2)nc(N2CCC(C)(O)C2)c1C. The predicted molar refractivity (Wildman–Crippen MR) is 85.0 cm³/mol. The lowest BCUT2D eigenvalue weighted by Crippen LogP contribution is -2.30. The summed E-state index contributed by atoms with van der Waals surface area (Å²) in [6.07, 6.45) is 4.28. The molecule has 5 heteroatoms. The van der Waals surface area contributed by atoms with E-state index < -0.39 is 5.60 Å². The van der Waals surface area contributed by atoms with Crippen LogP contribution in [-0.2, 0) is 0 Å². The highest BCUT2D eigenvalue weighted by molar-refractivity contribution is 5.59. The van der Waals surface area contributed by atoms with E-state index in [1.54, 1.807) is 0 Å². The number of hydrogen-bond acceptors (Lipinski definition) is 5. The Balaban J connectivity index is 1.92. The van der Waals surface area contributed by atoms with Gasteiger partial charge in [-0.25, -0.2) is 9.97 Å². The minimum atomic E-state index is -0.603. The Hall–Kier alpha value is -1.36. The molecule has 1 aliphatic carbocycles. The summed E-state index contributed by atoms with van der Waals surface area (Å²) in [5.41, 5.74) is 0.499. The van der Waals surface area contributed by atoms with Crippen LogP contribution >= 0.6 is 0 Å². The molecule has 0 spiro atoms. The fourth-order valence-corrected chi connectivity index (χ4v) is 2.90. The lowest BCUT2D eigenvalue weighted by atomic mass is 10.1. The zero-order valence-corrected chi connectivity index (χ0v) is 13.3. The summed E-state index contributed by atoms with van der Waals surface area (Å²) in [5, 5.41) is 13.6. The second-order valence-electron chi connectivity index (χ2n) is 6.75. The molecule has 21 heavy (non-hydrogen) atoms. The number of nitrogens with zero attached hydrogens (tertiary/aromatic N) is 3. The van der Waals surface area contributed by atoms with E-state index in [9.17, 15) is 5.11 Å². The summed E-state index contributed by atoms with van der Waals surface area (Å²) in [4.78, 5) is 11.8. The number of nitrogens with one attached hydrogen (secondary N) is 1. The largest absolute Gasteiger partial charge is 0.388 e. The zero-order chi connectivity index (χ0) is 15.0. The van der Waals surface area contributed by atoms with Gasteiger partial charge in [0.15, 0.2) is 0 Å². The molecule has 1 aliphatic heterocycles. The number of aromatic nitrogens is 2. The maximum atomic E-state index is 10.2. The van der Waals surface area contributed by atoms with Gasteiger partial charge in [-0.2, -0.15) is 0 Å². The van der Waals surface area contributed by atoms with Gasteiger partial charge in [0, 0.05) is 31.1 Å². The fraction of sp³-hybridized carbons (Fsp3) is 0.750. The highest BCUT2D eigenvalue weighted by Gasteiger charge is 2.35. The average Bonchev–Trinajstić information content (AvgIpc) is 3.22. The quantitative estimate of drug-likeness (QED) is 0.872. The van der Waals surface area contributed by atoms with Gasteiger partial charge in [0.25, 0.3) is 0 Å². The average molecular weight is 290 g/mol. The Morgan fingerprint density at radius 2 is 2.14 bits per heavy atom. The number of anilines is 2. The standard InChI is InChI=1S/C16H26N4O/c1-4-8-17-13-11(2)15(19-14(18-13)12-5-6-12)20-9-7-16(3,21)10-20/h12,21H,4-10H2,1-3H3,(H,17,18,19). The van der Waals surface area contributed by atoms with Crippen LogP contribution in [0.15, 0.2) is 0 Å². The minimum absolute atomic E-state index is 0.537. The zero-order valence-electron chi connectivity index (χ0n) is 13.3. The molecule has 1 unspecified atom stereocenters. The monoisotopic (exact) mass is 290 g/mol. The highest BCUT2D eigenvalue weighted by atomic mass is 16.3. The second kappa shape index (κ2) is 5.44. The number of aliphatic hydroxyl groups is 1. The number of hydrogen-bond donors (Lipinski definition) is 2. The second-order valence-corrected chi connectivity index (χ2v) is 6.75. The van der Waals surface area contributed by atoms with Crippen LogP contribution in [0.1, 0.15) is 56.8 Å². The van der Waals surface area contributed by atoms with Gasteiger partial charge >= 0.3 is 0 Å². The summed E-state index contributed by atoms with van der Waals surface area (Å²) >= 11 is 0. The lowest BCUT2D eigenvalue weighted by molar-refractivity contribution is 0.0839. The lowest BCUT2D eigenvalue weighted by Gasteiger charge is -2.23. The van der Waals surface area contributed by atoms with E-state index in [4.69, 9.17) is 9.97 Å². The summed E-state index contributed by atoms with van der Waals surface area (Å²) in [7, 11) is 0. The summed E-state index contributed by atoms with van der Waals surface area (Å²) < 4.78 is 0. The Kier molecular flexibility index (Phi) is 3.78. The van der Waals surface area contributed by atoms with E-state index in [2.05, 4.69) is 24.1 Å². The van der Waals surface area contributed by atoms with Gasteiger partial charge in [-0.15, -0.1) is 0 Å². The molecule has 1 saturated heterocycles. The minimum Gasteiger partial charge on any atom is -0.388 e. The summed E-state index contributed by atoms with van der Waals surface area (Å²) in [6, 6.07) is 0. The number of β-amino-alcohol motifs (C(OH)–C–C–N with tert-alkyl or cyclic N) is 1. The molecule has 1 aromatic rings. The van der Waals surface area contributed by atoms with E-state index in [0.29, 0.717) is 12.5 Å². The first-order valence-electron chi connectivity index (χ1n) is 8.10. The molecule has 116 valence electrons. The fourth-order valence-electron chi connectivity index (χ4n) is 2.90. The van der Waals surface area contributed by atoms with Crippen LogP contribution < -0.4 is 10.2 Å². The predicted octanol–water partition coefficient (Wildman–Crippen LogP) is 2.45. The van der Waals surface area contributed by atoms with Crippen molar-refractivity contribution in [2.24, 2.45) is 0 Å². The van der Waals surface area contributed by atoms with E-state index in [0.717, 1.165) is 49.0 Å². The van der Waals surface area contributed by atoms with Gasteiger partial charge in [-0.1, -0.05) is 6.92 Å². The van der Waals surface area contributed by atoms with Gasteiger partial charge < -0.3 is 15.3 Å². The van der Waals surface area contributed by atoms with Crippen molar-refractivity contribution in [3.05, 3.63) is 11.4 Å². The van der Waals surface area contributed by atoms with Crippen LogP contribution in [0.4, 0.5) is 11.6 Å². The van der Waals surface area contributed by atoms with E-state index in [-0.39, 0.29) is 0 Å². The molecule has 0 amide bonds. The third-order valence-electron chi connectivity index (χ3n) is 4.37. The first kappa shape index (κ1) is 14.6. The molecule has 1 aromatic heterocycles. The van der Waals surface area contributed by atoms with E-state index in [1.165, 1.54) is 12.8 Å². The third-order valence-corrected chi connectivity index (χ3v) is 4.37. The van der Waals surface area contributed by atoms with Gasteiger partial charge in [-0.3, -0.25) is 0 Å². The van der Waals surface area contributed by atoms with Crippen molar-refractivity contribution in [3.8, 4) is 0 Å². The molecule has 5 nitrogen and oxygen atoms in total. The number of rotatable bonds is 5. The molecule has 2 heterocycles. The smallest absolute Gasteiger partial charge is 0.137 e. The van der Waals surface area contributed by atoms with Crippen LogP contribution in [0.25, 0.3) is 0 Å². The van der Waals surface area contributed by atoms with E-state index >= 15 is 0 Å². The molecular formula is C16H26N4O. The van der Waals surface area contributed by atoms with Crippen molar-refractivity contribution in [1.82, 2.24) is 9.97 Å². The normalized spacial score (nSPS) is 25.4. The van der Waals surface area contributed by atoms with Crippen LogP contribution in [0.2, 0.25) is 0 Å². The molecular weight excluding hydrogens is 264 g/mol. The molecule has 2 aliphatic rings. The first-order chi connectivity index (χ1) is 10.00. The maximum absolute atomic E-state index is 10.2. The topological polar surface area (TPSA) is 61.3 Å². The van der Waals surface area contributed by atoms with Crippen molar-refractivity contribution in [2.45, 2.75) is 58.0 Å². The summed E-state index contributed by atoms with van der Waals surface area (Å²) in [5.74, 6) is 3.48. The Bertz CT molecular complexity index is 525. The van der Waals surface area contributed by atoms with Crippen molar-refractivity contribution in [3.63, 3.8) is 0 Å². The Morgan fingerprint density at radius 3 is 2.71 bits per heavy atom. The highest BCUT2D eigenvalue weighted by Crippen LogP contribution is 2.40. The third kappa shape index (κ3) is 3.12. The van der Waals surface area contributed by atoms with E-state index in [1.807, 2.05) is 6.92 Å². The van der Waals surface area contributed by atoms with Crippen LogP contribution in [0.3, 0.4) is 0 Å². The maximum Gasteiger partial charge on any atom is 0.137 e. The molecule has 3 rings (SSSR count). The van der Waals surface area contributed by atoms with Crippen LogP contribution in [0.5, 0.6) is 0 Å².